The Kier molecular flexibility index (Phi) is 8.70. The molecule has 0 radical (unpaired) electrons. The molecule has 0 bridgehead atoms. The number of methoxy groups -OCH3 is 2. The molecular weight excluding hydrogens is 492 g/mol. The summed E-state index contributed by atoms with van der Waals surface area (Å²) >= 11 is 1.37. The van der Waals surface area contributed by atoms with Gasteiger partial charge in [-0.05, 0) is 61.2 Å². The van der Waals surface area contributed by atoms with Gasteiger partial charge in [-0.3, -0.25) is 14.4 Å². The van der Waals surface area contributed by atoms with Crippen LogP contribution >= 0.6 is 11.8 Å². The fraction of sp³-hybridized carbons (Fsp3) is 0.407. The van der Waals surface area contributed by atoms with Gasteiger partial charge in [-0.15, -0.1) is 0 Å². The van der Waals surface area contributed by atoms with Crippen LogP contribution in [0, 0.1) is 0 Å². The van der Waals surface area contributed by atoms with E-state index in [1.165, 1.54) is 11.8 Å². The lowest BCUT2D eigenvalue weighted by molar-refractivity contribution is -0.121. The molecule has 1 fully saturated rings. The summed E-state index contributed by atoms with van der Waals surface area (Å²) in [6, 6.07) is 12.5. The van der Waals surface area contributed by atoms with Gasteiger partial charge >= 0.3 is 0 Å². The number of nitrogens with zero attached hydrogens (tertiary/aromatic N) is 3. The van der Waals surface area contributed by atoms with E-state index in [4.69, 9.17) is 9.47 Å². The van der Waals surface area contributed by atoms with Gasteiger partial charge in [0, 0.05) is 44.4 Å². The largest absolute Gasteiger partial charge is 0.493 e. The number of likely N-dealkylation sites (tertiary alicyclic amines) is 1. The first-order valence-electron chi connectivity index (χ1n) is 12.3. The normalized spacial score (nSPS) is 16.9. The van der Waals surface area contributed by atoms with Gasteiger partial charge in [-0.1, -0.05) is 17.8 Å². The van der Waals surface area contributed by atoms with E-state index in [-0.39, 0.29) is 24.1 Å². The lowest BCUT2D eigenvalue weighted by atomic mass is 10.1. The highest BCUT2D eigenvalue weighted by atomic mass is 32.2. The summed E-state index contributed by atoms with van der Waals surface area (Å²) < 4.78 is 10.6. The third-order valence-corrected chi connectivity index (χ3v) is 7.64. The Labute approximate surface area is 221 Å². The Bertz CT molecular complexity index is 1180. The van der Waals surface area contributed by atoms with Crippen molar-refractivity contribution in [1.82, 2.24) is 9.80 Å². The van der Waals surface area contributed by atoms with Gasteiger partial charge in [-0.25, -0.2) is 0 Å². The summed E-state index contributed by atoms with van der Waals surface area (Å²) in [4.78, 5) is 45.6. The zero-order valence-electron chi connectivity index (χ0n) is 21.4. The molecule has 1 saturated heterocycles. The molecule has 3 amide bonds. The van der Waals surface area contributed by atoms with Crippen LogP contribution in [0.5, 0.6) is 11.5 Å². The highest BCUT2D eigenvalue weighted by Gasteiger charge is 2.33. The van der Waals surface area contributed by atoms with E-state index in [9.17, 15) is 14.4 Å². The first kappa shape index (κ1) is 26.5. The highest BCUT2D eigenvalue weighted by molar-refractivity contribution is 8.15. The van der Waals surface area contributed by atoms with Gasteiger partial charge in [-0.2, -0.15) is 4.99 Å². The number of carbonyl (C=O) groups excluding carboxylic acids is 3. The number of thioether (sulfide) groups is 1. The number of rotatable bonds is 9. The van der Waals surface area contributed by atoms with Crippen LogP contribution in [0.25, 0.3) is 0 Å². The minimum Gasteiger partial charge on any atom is -0.493 e. The van der Waals surface area contributed by atoms with E-state index >= 15 is 0 Å². The second-order valence-corrected chi connectivity index (χ2v) is 10.2. The molecule has 4 rings (SSSR count). The maximum absolute atomic E-state index is 12.9. The molecule has 0 saturated carbocycles. The van der Waals surface area contributed by atoms with Crippen molar-refractivity contribution in [3.05, 3.63) is 53.6 Å². The fourth-order valence-corrected chi connectivity index (χ4v) is 5.40. The van der Waals surface area contributed by atoms with Gasteiger partial charge in [0.25, 0.3) is 11.8 Å². The van der Waals surface area contributed by atoms with E-state index in [1.807, 2.05) is 18.2 Å². The van der Waals surface area contributed by atoms with Crippen molar-refractivity contribution in [2.24, 2.45) is 4.99 Å². The summed E-state index contributed by atoms with van der Waals surface area (Å²) in [5.74, 6) is 0.700. The second-order valence-electron chi connectivity index (χ2n) is 9.03. The molecule has 2 aliphatic rings. The predicted molar refractivity (Wildman–Crippen MR) is 145 cm³/mol. The van der Waals surface area contributed by atoms with Crippen LogP contribution in [-0.4, -0.2) is 78.8 Å². The molecule has 0 aliphatic carbocycles. The van der Waals surface area contributed by atoms with E-state index in [0.717, 1.165) is 36.7 Å². The molecule has 196 valence electrons. The molecule has 2 aliphatic heterocycles. The summed E-state index contributed by atoms with van der Waals surface area (Å²) in [5, 5.41) is 3.06. The second kappa shape index (κ2) is 12.1. The Balaban J connectivity index is 1.25. The topological polar surface area (TPSA) is 101 Å². The van der Waals surface area contributed by atoms with Crippen LogP contribution in [-0.2, 0) is 16.0 Å². The summed E-state index contributed by atoms with van der Waals surface area (Å²) in [6.07, 6.45) is 2.93. The van der Waals surface area contributed by atoms with E-state index in [1.54, 1.807) is 50.4 Å². The number of hydrogen-bond acceptors (Lipinski definition) is 7. The maximum Gasteiger partial charge on any atom is 0.262 e. The SMILES string of the molecule is COc1ccc(CCN(C)C(=O)c2ccc(NC(=O)CC3SC(N4CCCC4)=NC3=O)cc2)cc1OC. The quantitative estimate of drug-likeness (QED) is 0.536. The monoisotopic (exact) mass is 524 g/mol. The molecule has 2 aromatic rings. The third kappa shape index (κ3) is 6.62. The number of aliphatic imine (C=N–C) groups is 1. The Morgan fingerprint density at radius 2 is 1.78 bits per heavy atom. The van der Waals surface area contributed by atoms with Crippen molar-refractivity contribution in [3.8, 4) is 11.5 Å². The van der Waals surface area contributed by atoms with Crippen molar-refractivity contribution >= 4 is 40.3 Å². The standard InChI is InChI=1S/C27H32N4O5S/c1-30(15-12-18-6-11-21(35-2)22(16-18)36-3)26(34)19-7-9-20(10-8-19)28-24(32)17-23-25(33)29-27(37-23)31-13-4-5-14-31/h6-11,16,23H,4-5,12-15,17H2,1-3H3,(H,28,32). The first-order valence-corrected chi connectivity index (χ1v) is 13.2. The average molecular weight is 525 g/mol. The smallest absolute Gasteiger partial charge is 0.262 e. The van der Waals surface area contributed by atoms with Crippen LogP contribution in [0.15, 0.2) is 47.5 Å². The number of amidine groups is 1. The Morgan fingerprint density at radius 3 is 2.46 bits per heavy atom. The fourth-order valence-electron chi connectivity index (χ4n) is 4.28. The van der Waals surface area contributed by atoms with Crippen molar-refractivity contribution in [2.75, 3.05) is 46.2 Å². The lowest BCUT2D eigenvalue weighted by Gasteiger charge is -2.18. The number of ether oxygens (including phenoxy) is 2. The van der Waals surface area contributed by atoms with Gasteiger partial charge in [0.1, 0.15) is 5.25 Å². The van der Waals surface area contributed by atoms with Gasteiger partial charge in [0.05, 0.1) is 14.2 Å². The number of nitrogens with one attached hydrogen (secondary N) is 1. The van der Waals surface area contributed by atoms with Gasteiger partial charge < -0.3 is 24.6 Å². The van der Waals surface area contributed by atoms with Crippen molar-refractivity contribution < 1.29 is 23.9 Å². The van der Waals surface area contributed by atoms with E-state index in [2.05, 4.69) is 15.2 Å². The number of anilines is 1. The molecule has 9 nitrogen and oxygen atoms in total. The van der Waals surface area contributed by atoms with Gasteiger partial charge in [0.2, 0.25) is 5.91 Å². The summed E-state index contributed by atoms with van der Waals surface area (Å²) in [6.45, 7) is 2.35. The zero-order chi connectivity index (χ0) is 26.4. The average Bonchev–Trinajstić information content (AvgIpc) is 3.57. The lowest BCUT2D eigenvalue weighted by Crippen LogP contribution is -2.28. The molecule has 2 aromatic carbocycles. The summed E-state index contributed by atoms with van der Waals surface area (Å²) in [7, 11) is 4.94. The third-order valence-electron chi connectivity index (χ3n) is 6.42. The van der Waals surface area contributed by atoms with Crippen LogP contribution in [0.4, 0.5) is 5.69 Å². The first-order chi connectivity index (χ1) is 17.9. The highest BCUT2D eigenvalue weighted by Crippen LogP contribution is 2.30. The Hall–Kier alpha value is -3.53. The molecule has 10 heteroatoms. The van der Waals surface area contributed by atoms with Crippen molar-refractivity contribution in [2.45, 2.75) is 30.9 Å². The number of amides is 3. The van der Waals surface area contributed by atoms with Crippen LogP contribution < -0.4 is 14.8 Å². The van der Waals surface area contributed by atoms with Crippen molar-refractivity contribution in [1.29, 1.82) is 0 Å². The molecular formula is C27H32N4O5S. The number of benzene rings is 2. The molecule has 2 heterocycles. The van der Waals surface area contributed by atoms with E-state index < -0.39 is 5.25 Å². The molecule has 1 N–H and O–H groups in total. The van der Waals surface area contributed by atoms with E-state index in [0.29, 0.717) is 35.7 Å². The zero-order valence-corrected chi connectivity index (χ0v) is 22.2. The molecule has 0 spiro atoms. The predicted octanol–water partition coefficient (Wildman–Crippen LogP) is 3.44. The van der Waals surface area contributed by atoms with Crippen molar-refractivity contribution in [3.63, 3.8) is 0 Å². The van der Waals surface area contributed by atoms with Crippen LogP contribution in [0.1, 0.15) is 35.2 Å². The molecule has 0 aromatic heterocycles. The van der Waals surface area contributed by atoms with Crippen LogP contribution in [0.3, 0.4) is 0 Å². The maximum atomic E-state index is 12.9. The number of carbonyl (C=O) groups is 3. The number of likely N-dealkylation sites (N-methyl/N-ethyl adjacent to an activating group) is 1. The van der Waals surface area contributed by atoms with Gasteiger partial charge in [0.15, 0.2) is 16.7 Å². The molecule has 1 unspecified atom stereocenters. The minimum absolute atomic E-state index is 0.0594. The summed E-state index contributed by atoms with van der Waals surface area (Å²) in [5.41, 5.74) is 2.14. The number of hydrogen-bond donors (Lipinski definition) is 1. The molecule has 37 heavy (non-hydrogen) atoms. The van der Waals surface area contributed by atoms with Crippen LogP contribution in [0.2, 0.25) is 0 Å². The molecule has 1 atom stereocenters. The minimum atomic E-state index is -0.490. The Morgan fingerprint density at radius 1 is 1.08 bits per heavy atom.